The van der Waals surface area contributed by atoms with Gasteiger partial charge in [-0.25, -0.2) is 9.02 Å². The third kappa shape index (κ3) is 3.04. The molecule has 0 spiro atoms. The van der Waals surface area contributed by atoms with Gasteiger partial charge in [-0.2, -0.15) is 0 Å². The van der Waals surface area contributed by atoms with Crippen molar-refractivity contribution in [1.29, 1.82) is 0 Å². The molecule has 0 unspecified atom stereocenters. The molecular weight excluding hydrogens is 353 g/mol. The lowest BCUT2D eigenvalue weighted by Gasteiger charge is -2.03. The highest BCUT2D eigenvalue weighted by Crippen LogP contribution is 2.26. The molecule has 0 radical (unpaired) electrons. The minimum absolute atomic E-state index is 0.205. The molecule has 0 saturated heterocycles. The molecule has 1 N–H and O–H groups in total. The summed E-state index contributed by atoms with van der Waals surface area (Å²) in [7, 11) is 0. The molecule has 110 valence electrons. The molecule has 22 heavy (non-hydrogen) atoms. The van der Waals surface area contributed by atoms with Crippen LogP contribution in [0.15, 0.2) is 57.6 Å². The minimum atomic E-state index is -0.422. The monoisotopic (exact) mass is 361 g/mol. The summed E-state index contributed by atoms with van der Waals surface area (Å²) in [6.07, 6.45) is 0. The van der Waals surface area contributed by atoms with E-state index in [0.717, 1.165) is 10.0 Å². The van der Waals surface area contributed by atoms with Crippen LogP contribution in [-0.2, 0) is 0 Å². The van der Waals surface area contributed by atoms with Crippen LogP contribution in [0.1, 0.15) is 10.4 Å². The SMILES string of the molecule is O=C(Nc1nonc1-c1ccc(Br)cc1)c1ccc(F)cc1. The Morgan fingerprint density at radius 3 is 2.41 bits per heavy atom. The Hall–Kier alpha value is -2.54. The fraction of sp³-hybridized carbons (Fsp3) is 0. The number of amides is 1. The minimum Gasteiger partial charge on any atom is -0.302 e. The molecule has 0 fully saturated rings. The van der Waals surface area contributed by atoms with E-state index in [-0.39, 0.29) is 5.82 Å². The van der Waals surface area contributed by atoms with Gasteiger partial charge in [-0.05, 0) is 46.7 Å². The number of anilines is 1. The third-order valence-electron chi connectivity index (χ3n) is 2.94. The first-order chi connectivity index (χ1) is 10.6. The summed E-state index contributed by atoms with van der Waals surface area (Å²) in [5, 5.41) is 10.1. The number of hydrogen-bond acceptors (Lipinski definition) is 4. The Morgan fingerprint density at radius 2 is 1.73 bits per heavy atom. The van der Waals surface area contributed by atoms with Crippen LogP contribution < -0.4 is 5.32 Å². The number of nitrogens with zero attached hydrogens (tertiary/aromatic N) is 2. The van der Waals surface area contributed by atoms with Crippen LogP contribution in [0.2, 0.25) is 0 Å². The van der Waals surface area contributed by atoms with E-state index < -0.39 is 11.7 Å². The van der Waals surface area contributed by atoms with Crippen molar-refractivity contribution in [2.24, 2.45) is 0 Å². The lowest BCUT2D eigenvalue weighted by atomic mass is 10.1. The lowest BCUT2D eigenvalue weighted by molar-refractivity contribution is 0.102. The predicted molar refractivity (Wildman–Crippen MR) is 81.8 cm³/mol. The number of benzene rings is 2. The Bertz CT molecular complexity index is 800. The van der Waals surface area contributed by atoms with Crippen molar-refractivity contribution in [3.8, 4) is 11.3 Å². The molecular formula is C15H9BrFN3O2. The summed E-state index contributed by atoms with van der Waals surface area (Å²) < 4.78 is 18.5. The molecule has 3 rings (SSSR count). The van der Waals surface area contributed by atoms with Crippen molar-refractivity contribution in [3.05, 3.63) is 64.4 Å². The standard InChI is InChI=1S/C15H9BrFN3O2/c16-11-5-1-9(2-6-11)13-14(20-22-19-13)18-15(21)10-3-7-12(17)8-4-10/h1-8H,(H,18,20,21). The van der Waals surface area contributed by atoms with Crippen LogP contribution in [0.5, 0.6) is 0 Å². The smallest absolute Gasteiger partial charge is 0.256 e. The first kappa shape index (κ1) is 14.4. The van der Waals surface area contributed by atoms with Gasteiger partial charge in [0.2, 0.25) is 5.82 Å². The molecule has 2 aromatic carbocycles. The van der Waals surface area contributed by atoms with Gasteiger partial charge in [0.25, 0.3) is 5.91 Å². The Kier molecular flexibility index (Phi) is 3.97. The highest BCUT2D eigenvalue weighted by atomic mass is 79.9. The van der Waals surface area contributed by atoms with E-state index in [2.05, 4.69) is 31.6 Å². The lowest BCUT2D eigenvalue weighted by Crippen LogP contribution is -2.12. The summed E-state index contributed by atoms with van der Waals surface area (Å²) in [5.41, 5.74) is 1.48. The van der Waals surface area contributed by atoms with Gasteiger partial charge in [0.05, 0.1) is 0 Å². The third-order valence-corrected chi connectivity index (χ3v) is 3.47. The average molecular weight is 362 g/mol. The summed E-state index contributed by atoms with van der Waals surface area (Å²) in [4.78, 5) is 12.1. The normalized spacial score (nSPS) is 10.5. The number of carbonyl (C=O) groups excluding carboxylic acids is 1. The molecule has 7 heteroatoms. The zero-order valence-electron chi connectivity index (χ0n) is 11.1. The van der Waals surface area contributed by atoms with Crippen molar-refractivity contribution in [1.82, 2.24) is 10.3 Å². The zero-order chi connectivity index (χ0) is 15.5. The summed E-state index contributed by atoms with van der Waals surface area (Å²) in [5.74, 6) is -0.624. The molecule has 0 bridgehead atoms. The molecule has 0 saturated carbocycles. The van der Waals surface area contributed by atoms with E-state index in [9.17, 15) is 9.18 Å². The molecule has 3 aromatic rings. The number of hydrogen-bond donors (Lipinski definition) is 1. The fourth-order valence-corrected chi connectivity index (χ4v) is 2.11. The molecule has 1 aromatic heterocycles. The Labute approximate surface area is 133 Å². The number of carbonyl (C=O) groups is 1. The highest BCUT2D eigenvalue weighted by molar-refractivity contribution is 9.10. The van der Waals surface area contributed by atoms with Gasteiger partial charge in [0, 0.05) is 15.6 Å². The van der Waals surface area contributed by atoms with Crippen LogP contribution in [0.4, 0.5) is 10.2 Å². The van der Waals surface area contributed by atoms with Gasteiger partial charge >= 0.3 is 0 Å². The maximum atomic E-state index is 12.9. The van der Waals surface area contributed by atoms with Crippen LogP contribution in [0, 0.1) is 5.82 Å². The summed E-state index contributed by atoms with van der Waals surface area (Å²) >= 11 is 3.34. The second-order valence-corrected chi connectivity index (χ2v) is 5.35. The number of rotatable bonds is 3. The summed E-state index contributed by atoms with van der Waals surface area (Å²) in [6, 6.07) is 12.5. The van der Waals surface area contributed by atoms with Crippen molar-refractivity contribution in [3.63, 3.8) is 0 Å². The average Bonchev–Trinajstić information content (AvgIpc) is 2.97. The van der Waals surface area contributed by atoms with Gasteiger partial charge < -0.3 is 5.32 Å². The summed E-state index contributed by atoms with van der Waals surface area (Å²) in [6.45, 7) is 0. The van der Waals surface area contributed by atoms with Crippen LogP contribution in [0.3, 0.4) is 0 Å². The van der Waals surface area contributed by atoms with E-state index in [1.165, 1.54) is 24.3 Å². The number of aromatic nitrogens is 2. The van der Waals surface area contributed by atoms with Gasteiger partial charge in [-0.15, -0.1) is 0 Å². The Morgan fingerprint density at radius 1 is 1.05 bits per heavy atom. The first-order valence-corrected chi connectivity index (χ1v) is 7.08. The predicted octanol–water partition coefficient (Wildman–Crippen LogP) is 3.89. The fourth-order valence-electron chi connectivity index (χ4n) is 1.85. The molecule has 0 aliphatic carbocycles. The van der Waals surface area contributed by atoms with E-state index >= 15 is 0 Å². The van der Waals surface area contributed by atoms with Crippen molar-refractivity contribution >= 4 is 27.7 Å². The maximum Gasteiger partial charge on any atom is 0.256 e. The highest BCUT2D eigenvalue weighted by Gasteiger charge is 2.16. The van der Waals surface area contributed by atoms with Crippen molar-refractivity contribution in [2.45, 2.75) is 0 Å². The molecule has 1 amide bonds. The first-order valence-electron chi connectivity index (χ1n) is 6.29. The van der Waals surface area contributed by atoms with E-state index in [1.54, 1.807) is 0 Å². The van der Waals surface area contributed by atoms with Crippen LogP contribution in [-0.4, -0.2) is 16.2 Å². The molecule has 5 nitrogen and oxygen atoms in total. The quantitative estimate of drug-likeness (QED) is 0.768. The van der Waals surface area contributed by atoms with Gasteiger partial charge in [-0.1, -0.05) is 28.1 Å². The zero-order valence-corrected chi connectivity index (χ0v) is 12.7. The Balaban J connectivity index is 1.84. The van der Waals surface area contributed by atoms with Crippen molar-refractivity contribution in [2.75, 3.05) is 5.32 Å². The van der Waals surface area contributed by atoms with E-state index in [4.69, 9.17) is 4.63 Å². The molecule has 1 heterocycles. The largest absolute Gasteiger partial charge is 0.302 e. The second-order valence-electron chi connectivity index (χ2n) is 4.43. The number of nitrogens with one attached hydrogen (secondary N) is 1. The molecule has 0 aliphatic rings. The van der Waals surface area contributed by atoms with E-state index in [1.807, 2.05) is 24.3 Å². The maximum absolute atomic E-state index is 12.9. The van der Waals surface area contributed by atoms with Gasteiger partial charge in [0.15, 0.2) is 5.69 Å². The molecule has 0 atom stereocenters. The second kappa shape index (κ2) is 6.07. The number of halogens is 2. The van der Waals surface area contributed by atoms with Crippen LogP contribution >= 0.6 is 15.9 Å². The topological polar surface area (TPSA) is 68.0 Å². The van der Waals surface area contributed by atoms with Crippen LogP contribution in [0.25, 0.3) is 11.3 Å². The van der Waals surface area contributed by atoms with Gasteiger partial charge in [-0.3, -0.25) is 4.79 Å². The van der Waals surface area contributed by atoms with Gasteiger partial charge in [0.1, 0.15) is 5.82 Å². The van der Waals surface area contributed by atoms with E-state index in [0.29, 0.717) is 11.3 Å². The van der Waals surface area contributed by atoms with Crippen molar-refractivity contribution < 1.29 is 13.8 Å². The molecule has 0 aliphatic heterocycles.